The van der Waals surface area contributed by atoms with E-state index in [0.717, 1.165) is 55.6 Å². The number of fused-ring (bicyclic) bond motifs is 1. The van der Waals surface area contributed by atoms with Gasteiger partial charge in [-0.3, -0.25) is 14.4 Å². The summed E-state index contributed by atoms with van der Waals surface area (Å²) < 4.78 is 28.4. The van der Waals surface area contributed by atoms with E-state index in [2.05, 4.69) is 20.4 Å². The molecule has 0 aliphatic rings. The third-order valence-electron chi connectivity index (χ3n) is 8.52. The number of hydrogen-bond acceptors (Lipinski definition) is 7. The lowest BCUT2D eigenvalue weighted by atomic mass is 9.99. The van der Waals surface area contributed by atoms with Gasteiger partial charge in [0, 0.05) is 42.6 Å². The van der Waals surface area contributed by atoms with Gasteiger partial charge in [-0.25, -0.2) is 13.1 Å². The zero-order valence-electron chi connectivity index (χ0n) is 27.7. The number of carbonyl (C=O) groups excluding carboxylic acids is 3. The Morgan fingerprint density at radius 1 is 0.840 bits per heavy atom. The number of nitrogens with one attached hydrogen (secondary N) is 3. The minimum Gasteiger partial charge on any atom is -0.361 e. The van der Waals surface area contributed by atoms with Crippen LogP contribution < -0.4 is 10.0 Å². The van der Waals surface area contributed by atoms with Crippen molar-refractivity contribution in [1.29, 1.82) is 0 Å². The van der Waals surface area contributed by atoms with E-state index in [9.17, 15) is 22.8 Å². The van der Waals surface area contributed by atoms with Crippen molar-refractivity contribution in [3.63, 3.8) is 0 Å². The van der Waals surface area contributed by atoms with E-state index >= 15 is 0 Å². The number of aryl methyl sites for hydroxylation is 2. The molecule has 0 radical (unpaired) electrons. The number of aromatic amines is 1. The number of thiophene rings is 2. The molecule has 0 fully saturated rings. The fourth-order valence-corrected chi connectivity index (χ4v) is 8.68. The van der Waals surface area contributed by atoms with Gasteiger partial charge in [0.2, 0.25) is 5.91 Å². The van der Waals surface area contributed by atoms with E-state index in [-0.39, 0.29) is 23.0 Å². The van der Waals surface area contributed by atoms with Crippen LogP contribution in [-0.2, 0) is 32.5 Å². The Morgan fingerprint density at radius 2 is 1.58 bits per heavy atom. The summed E-state index contributed by atoms with van der Waals surface area (Å²) in [5, 5.41) is 9.33. The third-order valence-corrected chi connectivity index (χ3v) is 12.0. The molecular weight excluding hydrogens is 689 g/mol. The van der Waals surface area contributed by atoms with Gasteiger partial charge in [0.1, 0.15) is 16.3 Å². The Morgan fingerprint density at radius 3 is 2.26 bits per heavy atom. The van der Waals surface area contributed by atoms with Gasteiger partial charge < -0.3 is 15.2 Å². The van der Waals surface area contributed by atoms with Gasteiger partial charge in [-0.2, -0.15) is 11.3 Å². The summed E-state index contributed by atoms with van der Waals surface area (Å²) in [5.41, 5.74) is 6.73. The van der Waals surface area contributed by atoms with Crippen molar-refractivity contribution in [3.05, 3.63) is 135 Å². The topological polar surface area (TPSA) is 128 Å². The number of para-hydroxylation sites is 1. The van der Waals surface area contributed by atoms with E-state index in [4.69, 9.17) is 0 Å². The predicted octanol–water partition coefficient (Wildman–Crippen LogP) is 6.49. The Bertz CT molecular complexity index is 2220. The molecule has 0 bridgehead atoms. The van der Waals surface area contributed by atoms with Crippen LogP contribution in [0.25, 0.3) is 22.0 Å². The van der Waals surface area contributed by atoms with Crippen LogP contribution in [0.1, 0.15) is 32.6 Å². The van der Waals surface area contributed by atoms with E-state index < -0.39 is 33.9 Å². The number of carbonyl (C=O) groups is 3. The van der Waals surface area contributed by atoms with Crippen molar-refractivity contribution >= 4 is 61.3 Å². The van der Waals surface area contributed by atoms with Gasteiger partial charge in [-0.15, -0.1) is 11.3 Å². The molecule has 6 rings (SSSR count). The molecule has 3 N–H and O–H groups in total. The van der Waals surface area contributed by atoms with Crippen LogP contribution in [0.5, 0.6) is 0 Å². The smallest absolute Gasteiger partial charge is 0.273 e. The van der Waals surface area contributed by atoms with Crippen LogP contribution in [-0.4, -0.2) is 55.2 Å². The molecule has 6 aromatic rings. The first-order chi connectivity index (χ1) is 24.0. The summed E-state index contributed by atoms with van der Waals surface area (Å²) in [4.78, 5) is 46.7. The van der Waals surface area contributed by atoms with Crippen LogP contribution in [0.3, 0.4) is 0 Å². The fraction of sp³-hybridized carbons (Fsp3) is 0.184. The molecular formula is C38H36N4O5S3. The van der Waals surface area contributed by atoms with Gasteiger partial charge in [-0.05, 0) is 82.6 Å². The average molecular weight is 725 g/mol. The summed E-state index contributed by atoms with van der Waals surface area (Å²) in [5.74, 6) is -1.84. The number of hydrogen-bond donors (Lipinski definition) is 3. The molecule has 0 unspecified atom stereocenters. The Labute approximate surface area is 299 Å². The Hall–Kier alpha value is -5.04. The normalized spacial score (nSPS) is 12.7. The molecule has 3 aromatic carbocycles. The highest BCUT2D eigenvalue weighted by Gasteiger charge is 2.33. The Kier molecular flexibility index (Phi) is 10.3. The van der Waals surface area contributed by atoms with Crippen LogP contribution in [0.4, 0.5) is 0 Å². The lowest BCUT2D eigenvalue weighted by Gasteiger charge is -2.29. The number of benzene rings is 3. The number of aromatic nitrogens is 1. The first-order valence-electron chi connectivity index (χ1n) is 15.9. The monoisotopic (exact) mass is 724 g/mol. The first kappa shape index (κ1) is 34.8. The molecule has 50 heavy (non-hydrogen) atoms. The first-order valence-corrected chi connectivity index (χ1v) is 19.2. The third kappa shape index (κ3) is 7.88. The van der Waals surface area contributed by atoms with Crippen molar-refractivity contribution in [3.8, 4) is 11.1 Å². The van der Waals surface area contributed by atoms with Gasteiger partial charge >= 0.3 is 0 Å². The number of amides is 3. The second kappa shape index (κ2) is 14.8. The molecule has 0 aliphatic carbocycles. The zero-order valence-corrected chi connectivity index (χ0v) is 30.1. The predicted molar refractivity (Wildman–Crippen MR) is 199 cm³/mol. The molecule has 0 saturated heterocycles. The lowest BCUT2D eigenvalue weighted by molar-refractivity contribution is -0.130. The molecule has 2 atom stereocenters. The molecule has 0 spiro atoms. The standard InChI is InChI=1S/C38H36N4O5S3/c1-24-17-25(2)19-29(18-24)38(45)42(3)34(20-26-10-12-27(13-11-26)28-14-16-48-23-28)37(44)40-33(21-30-22-39-32-8-5-4-7-31(30)32)36(43)41-50(46,47)35-9-6-15-49-35/h4-19,22-23,33-34,39H,20-21H2,1-3H3,(H,40,44)(H,41,43)/t33-,34+/m0/s1. The second-order valence-corrected chi connectivity index (χ2v) is 15.9. The zero-order chi connectivity index (χ0) is 35.4. The molecule has 3 aromatic heterocycles. The molecule has 3 heterocycles. The lowest BCUT2D eigenvalue weighted by Crippen LogP contribution is -2.56. The minimum atomic E-state index is -4.19. The van der Waals surface area contributed by atoms with Crippen molar-refractivity contribution in [2.24, 2.45) is 0 Å². The summed E-state index contributed by atoms with van der Waals surface area (Å²) in [7, 11) is -2.62. The van der Waals surface area contributed by atoms with Gasteiger partial charge in [0.25, 0.3) is 21.8 Å². The average Bonchev–Trinajstić information content (AvgIpc) is 3.90. The number of H-pyrrole nitrogens is 1. The second-order valence-electron chi connectivity index (χ2n) is 12.2. The molecule has 0 saturated carbocycles. The van der Waals surface area contributed by atoms with Crippen LogP contribution in [0.2, 0.25) is 0 Å². The Balaban J connectivity index is 1.33. The van der Waals surface area contributed by atoms with Crippen LogP contribution in [0.15, 0.2) is 111 Å². The van der Waals surface area contributed by atoms with Crippen molar-refractivity contribution in [2.45, 2.75) is 43.0 Å². The molecule has 3 amide bonds. The molecule has 0 aliphatic heterocycles. The summed E-state index contributed by atoms with van der Waals surface area (Å²) >= 11 is 2.58. The van der Waals surface area contributed by atoms with Crippen molar-refractivity contribution in [1.82, 2.24) is 19.9 Å². The maximum absolute atomic E-state index is 14.4. The highest BCUT2D eigenvalue weighted by atomic mass is 32.2. The minimum absolute atomic E-state index is 0.00165. The fourth-order valence-electron chi connectivity index (χ4n) is 6.00. The van der Waals surface area contributed by atoms with Crippen LogP contribution in [0, 0.1) is 13.8 Å². The van der Waals surface area contributed by atoms with Crippen molar-refractivity contribution in [2.75, 3.05) is 7.05 Å². The highest BCUT2D eigenvalue weighted by Crippen LogP contribution is 2.24. The van der Waals surface area contributed by atoms with E-state index in [1.807, 2.05) is 79.9 Å². The SMILES string of the molecule is Cc1cc(C)cc(C(=O)N(C)[C@H](Cc2ccc(-c3ccsc3)cc2)C(=O)N[C@@H](Cc2c[nH]c3ccccc23)C(=O)NS(=O)(=O)c2cccs2)c1. The van der Waals surface area contributed by atoms with Gasteiger partial charge in [0.15, 0.2) is 0 Å². The van der Waals surface area contributed by atoms with Gasteiger partial charge in [0.05, 0.1) is 0 Å². The number of rotatable bonds is 12. The number of nitrogens with zero attached hydrogens (tertiary/aromatic N) is 1. The summed E-state index contributed by atoms with van der Waals surface area (Å²) in [6.07, 6.45) is 1.89. The van der Waals surface area contributed by atoms with E-state index in [1.54, 1.807) is 48.2 Å². The van der Waals surface area contributed by atoms with E-state index in [0.29, 0.717) is 5.56 Å². The number of sulfonamides is 1. The maximum atomic E-state index is 14.4. The molecule has 12 heteroatoms. The number of likely N-dealkylation sites (N-methyl/N-ethyl adjacent to an activating group) is 1. The van der Waals surface area contributed by atoms with E-state index in [1.165, 1.54) is 11.0 Å². The van der Waals surface area contributed by atoms with Crippen LogP contribution >= 0.6 is 22.7 Å². The highest BCUT2D eigenvalue weighted by molar-refractivity contribution is 7.92. The molecule has 256 valence electrons. The quantitative estimate of drug-likeness (QED) is 0.133. The summed E-state index contributed by atoms with van der Waals surface area (Å²) in [6, 6.07) is 23.5. The van der Waals surface area contributed by atoms with Gasteiger partial charge in [-0.1, -0.05) is 65.7 Å². The maximum Gasteiger partial charge on any atom is 0.273 e. The summed E-state index contributed by atoms with van der Waals surface area (Å²) in [6.45, 7) is 3.81. The molecule has 9 nitrogen and oxygen atoms in total. The van der Waals surface area contributed by atoms with Crippen molar-refractivity contribution < 1.29 is 22.8 Å². The largest absolute Gasteiger partial charge is 0.361 e.